The molecule has 6 heteroatoms. The lowest BCUT2D eigenvalue weighted by Crippen LogP contribution is -2.17. The molecule has 6 nitrogen and oxygen atoms in total. The zero-order valence-electron chi connectivity index (χ0n) is 14.2. The Morgan fingerprint density at radius 1 is 0.958 bits per heavy atom. The number of hydrogen-bond acceptors (Lipinski definition) is 4. The molecule has 0 spiro atoms. The third-order valence-corrected chi connectivity index (χ3v) is 3.28. The van der Waals surface area contributed by atoms with Crippen molar-refractivity contribution in [3.63, 3.8) is 0 Å². The number of esters is 1. The minimum atomic E-state index is -1.82. The van der Waals surface area contributed by atoms with Crippen LogP contribution in [0.1, 0.15) is 51.5 Å². The van der Waals surface area contributed by atoms with E-state index in [0.717, 1.165) is 37.7 Å². The molecule has 1 atom stereocenters. The number of aliphatic carboxylic acids is 2. The number of ether oxygens (including phenoxy) is 1. The second-order valence-electron chi connectivity index (χ2n) is 5.33. The van der Waals surface area contributed by atoms with Crippen LogP contribution in [-0.4, -0.2) is 28.1 Å². The van der Waals surface area contributed by atoms with Crippen LogP contribution < -0.4 is 0 Å². The first-order valence-electron chi connectivity index (χ1n) is 8.09. The predicted molar refractivity (Wildman–Crippen MR) is 89.4 cm³/mol. The highest BCUT2D eigenvalue weighted by Crippen LogP contribution is 2.17. The fraction of sp³-hybridized carbons (Fsp3) is 0.500. The van der Waals surface area contributed by atoms with Gasteiger partial charge in [-0.3, -0.25) is 4.79 Å². The molecule has 0 heterocycles. The van der Waals surface area contributed by atoms with Crippen molar-refractivity contribution >= 4 is 17.9 Å². The third kappa shape index (κ3) is 10.4. The summed E-state index contributed by atoms with van der Waals surface area (Å²) in [6.07, 6.45) is 5.16. The standard InChI is InChI=1S/C16H24O2.C2H2O4/c1-3-5-12-15(9-4-2)16(17)18-13-14-10-7-6-8-11-14;3-1(4)2(5)6/h6-8,10-11,15H,3-5,9,12-13H2,1-2H3;(H,3,4)(H,5,6). The summed E-state index contributed by atoms with van der Waals surface area (Å²) in [5.74, 6) is -3.60. The van der Waals surface area contributed by atoms with Gasteiger partial charge in [0.05, 0.1) is 5.92 Å². The lowest BCUT2D eigenvalue weighted by molar-refractivity contribution is -0.159. The topological polar surface area (TPSA) is 101 Å². The number of unbranched alkanes of at least 4 members (excludes halogenated alkanes) is 1. The van der Waals surface area contributed by atoms with Crippen molar-refractivity contribution in [3.8, 4) is 0 Å². The van der Waals surface area contributed by atoms with Gasteiger partial charge in [-0.05, 0) is 18.4 Å². The normalized spacial score (nSPS) is 10.9. The summed E-state index contributed by atoms with van der Waals surface area (Å²) in [6, 6.07) is 9.85. The van der Waals surface area contributed by atoms with Gasteiger partial charge >= 0.3 is 17.9 Å². The number of benzene rings is 1. The number of carbonyl (C=O) groups excluding carboxylic acids is 1. The Hall–Kier alpha value is -2.37. The van der Waals surface area contributed by atoms with Crippen LogP contribution in [0, 0.1) is 5.92 Å². The van der Waals surface area contributed by atoms with Crippen LogP contribution in [0.25, 0.3) is 0 Å². The van der Waals surface area contributed by atoms with Gasteiger partial charge in [0.2, 0.25) is 0 Å². The summed E-state index contributed by atoms with van der Waals surface area (Å²) in [4.78, 5) is 30.2. The Kier molecular flexibility index (Phi) is 11.8. The van der Waals surface area contributed by atoms with Crippen LogP contribution in [0.15, 0.2) is 30.3 Å². The number of carbonyl (C=O) groups is 3. The summed E-state index contributed by atoms with van der Waals surface area (Å²) in [6.45, 7) is 4.66. The summed E-state index contributed by atoms with van der Waals surface area (Å²) < 4.78 is 5.40. The summed E-state index contributed by atoms with van der Waals surface area (Å²) in [5, 5.41) is 14.8. The molecule has 0 fully saturated rings. The lowest BCUT2D eigenvalue weighted by atomic mass is 9.97. The van der Waals surface area contributed by atoms with Gasteiger partial charge < -0.3 is 14.9 Å². The largest absolute Gasteiger partial charge is 0.473 e. The molecule has 0 saturated heterocycles. The van der Waals surface area contributed by atoms with Gasteiger partial charge in [-0.2, -0.15) is 0 Å². The van der Waals surface area contributed by atoms with Crippen molar-refractivity contribution in [1.29, 1.82) is 0 Å². The molecule has 134 valence electrons. The first-order chi connectivity index (χ1) is 11.4. The molecular formula is C18H26O6. The van der Waals surface area contributed by atoms with Crippen LogP contribution in [0.3, 0.4) is 0 Å². The summed E-state index contributed by atoms with van der Waals surface area (Å²) >= 11 is 0. The molecule has 1 unspecified atom stereocenters. The van der Waals surface area contributed by atoms with Gasteiger partial charge in [0.1, 0.15) is 6.61 Å². The first kappa shape index (κ1) is 21.6. The third-order valence-electron chi connectivity index (χ3n) is 3.28. The maximum absolute atomic E-state index is 12.0. The molecule has 0 amide bonds. The van der Waals surface area contributed by atoms with Gasteiger partial charge in [0.15, 0.2) is 0 Å². The molecule has 0 aromatic heterocycles. The van der Waals surface area contributed by atoms with Gasteiger partial charge in [0.25, 0.3) is 0 Å². The molecule has 1 aromatic carbocycles. The highest BCUT2D eigenvalue weighted by Gasteiger charge is 2.18. The van der Waals surface area contributed by atoms with Crippen molar-refractivity contribution in [2.24, 2.45) is 5.92 Å². The summed E-state index contributed by atoms with van der Waals surface area (Å²) in [7, 11) is 0. The van der Waals surface area contributed by atoms with E-state index in [1.807, 2.05) is 30.3 Å². The van der Waals surface area contributed by atoms with E-state index in [0.29, 0.717) is 6.61 Å². The smallest absolute Gasteiger partial charge is 0.414 e. The minimum absolute atomic E-state index is 0.0332. The van der Waals surface area contributed by atoms with Crippen LogP contribution in [-0.2, 0) is 25.7 Å². The molecule has 2 N–H and O–H groups in total. The quantitative estimate of drug-likeness (QED) is 0.556. The van der Waals surface area contributed by atoms with E-state index in [1.165, 1.54) is 0 Å². The summed E-state index contributed by atoms with van der Waals surface area (Å²) in [5.41, 5.74) is 1.05. The van der Waals surface area contributed by atoms with Crippen LogP contribution in [0.5, 0.6) is 0 Å². The van der Waals surface area contributed by atoms with E-state index in [4.69, 9.17) is 24.5 Å². The Morgan fingerprint density at radius 2 is 1.54 bits per heavy atom. The molecule has 0 aliphatic heterocycles. The molecule has 1 aromatic rings. The average molecular weight is 338 g/mol. The van der Waals surface area contributed by atoms with Crippen molar-refractivity contribution in [3.05, 3.63) is 35.9 Å². The number of hydrogen-bond donors (Lipinski definition) is 2. The number of rotatable bonds is 8. The van der Waals surface area contributed by atoms with E-state index >= 15 is 0 Å². The van der Waals surface area contributed by atoms with Gasteiger partial charge in [-0.25, -0.2) is 9.59 Å². The van der Waals surface area contributed by atoms with E-state index in [2.05, 4.69) is 13.8 Å². The molecule has 0 aliphatic carbocycles. The van der Waals surface area contributed by atoms with Gasteiger partial charge in [0, 0.05) is 0 Å². The van der Waals surface area contributed by atoms with Crippen LogP contribution in [0.2, 0.25) is 0 Å². The van der Waals surface area contributed by atoms with Crippen molar-refractivity contribution < 1.29 is 29.3 Å². The fourth-order valence-electron chi connectivity index (χ4n) is 2.03. The molecule has 0 saturated carbocycles. The molecule has 0 bridgehead atoms. The Morgan fingerprint density at radius 3 is 2.00 bits per heavy atom. The SMILES string of the molecule is CCCCC(CCC)C(=O)OCc1ccccc1.O=C(O)C(=O)O. The highest BCUT2D eigenvalue weighted by molar-refractivity contribution is 6.27. The molecule has 0 radical (unpaired) electrons. The Labute approximate surface area is 142 Å². The average Bonchev–Trinajstić information content (AvgIpc) is 2.57. The second-order valence-corrected chi connectivity index (χ2v) is 5.33. The number of carboxylic acid groups (broad SMARTS) is 2. The second kappa shape index (κ2) is 13.1. The van der Waals surface area contributed by atoms with E-state index in [1.54, 1.807) is 0 Å². The fourth-order valence-corrected chi connectivity index (χ4v) is 2.03. The van der Waals surface area contributed by atoms with Crippen molar-refractivity contribution in [1.82, 2.24) is 0 Å². The minimum Gasteiger partial charge on any atom is -0.473 e. The van der Waals surface area contributed by atoms with Crippen LogP contribution in [0.4, 0.5) is 0 Å². The van der Waals surface area contributed by atoms with Crippen molar-refractivity contribution in [2.75, 3.05) is 0 Å². The molecule has 1 rings (SSSR count). The van der Waals surface area contributed by atoms with Gasteiger partial charge in [-0.15, -0.1) is 0 Å². The van der Waals surface area contributed by atoms with E-state index < -0.39 is 11.9 Å². The Bertz CT molecular complexity index is 485. The van der Waals surface area contributed by atoms with Gasteiger partial charge in [-0.1, -0.05) is 63.4 Å². The maximum Gasteiger partial charge on any atom is 0.414 e. The zero-order valence-corrected chi connectivity index (χ0v) is 14.2. The Balaban J connectivity index is 0.000000754. The molecular weight excluding hydrogens is 312 g/mol. The monoisotopic (exact) mass is 338 g/mol. The maximum atomic E-state index is 12.0. The van der Waals surface area contributed by atoms with Crippen molar-refractivity contribution in [2.45, 2.75) is 52.6 Å². The van der Waals surface area contributed by atoms with E-state index in [-0.39, 0.29) is 11.9 Å². The number of carboxylic acids is 2. The lowest BCUT2D eigenvalue weighted by Gasteiger charge is -2.14. The first-order valence-corrected chi connectivity index (χ1v) is 8.09. The zero-order chi connectivity index (χ0) is 18.4. The molecule has 24 heavy (non-hydrogen) atoms. The predicted octanol–water partition coefficient (Wildman–Crippen LogP) is 3.49. The highest BCUT2D eigenvalue weighted by atomic mass is 16.5. The van der Waals surface area contributed by atoms with Crippen LogP contribution >= 0.6 is 0 Å². The van der Waals surface area contributed by atoms with E-state index in [9.17, 15) is 4.79 Å². The molecule has 0 aliphatic rings.